The Morgan fingerprint density at radius 1 is 0.381 bits per heavy atom. The Labute approximate surface area is 376 Å². The lowest BCUT2D eigenvalue weighted by Crippen LogP contribution is -2.16. The van der Waals surface area contributed by atoms with Crippen LogP contribution in [0.4, 0.5) is 0 Å². The molecule has 332 valence electrons. The van der Waals surface area contributed by atoms with Crippen molar-refractivity contribution in [1.29, 1.82) is 0 Å². The fourth-order valence-corrected chi connectivity index (χ4v) is 7.65. The second-order valence-electron chi connectivity index (χ2n) is 20.8. The van der Waals surface area contributed by atoms with Gasteiger partial charge in [-0.3, -0.25) is 0 Å². The van der Waals surface area contributed by atoms with E-state index in [-0.39, 0.29) is 33.2 Å². The van der Waals surface area contributed by atoms with Crippen molar-refractivity contribution in [2.45, 2.75) is 111 Å². The summed E-state index contributed by atoms with van der Waals surface area (Å²) >= 11 is 0. The lowest BCUT2D eigenvalue weighted by molar-refractivity contribution is 0.248. The van der Waals surface area contributed by atoms with Crippen LogP contribution in [-0.4, -0.2) is 37.6 Å². The van der Waals surface area contributed by atoms with Gasteiger partial charge < -0.3 is 29.2 Å². The topological polar surface area (TPSA) is 77.4 Å². The Morgan fingerprint density at radius 3 is 0.984 bits per heavy atom. The predicted molar refractivity (Wildman–Crippen MR) is 261 cm³/mol. The van der Waals surface area contributed by atoms with Crippen molar-refractivity contribution < 1.29 is 29.2 Å². The highest BCUT2D eigenvalue weighted by Gasteiger charge is 2.26. The average molecular weight is 849 g/mol. The van der Waals surface area contributed by atoms with Gasteiger partial charge in [0, 0.05) is 39.8 Å². The second-order valence-corrected chi connectivity index (χ2v) is 20.8. The molecule has 0 saturated heterocycles. The van der Waals surface area contributed by atoms with E-state index in [0.717, 1.165) is 22.3 Å². The van der Waals surface area contributed by atoms with Crippen molar-refractivity contribution in [3.63, 3.8) is 0 Å². The van der Waals surface area contributed by atoms with E-state index in [4.69, 9.17) is 18.9 Å². The lowest BCUT2D eigenvalue weighted by atomic mass is 9.78. The third-order valence-corrected chi connectivity index (χ3v) is 11.7. The highest BCUT2D eigenvalue weighted by atomic mass is 16.5. The van der Waals surface area contributed by atoms with Crippen LogP contribution < -0.4 is 18.9 Å². The van der Waals surface area contributed by atoms with Crippen LogP contribution in [0.15, 0.2) is 109 Å². The molecule has 6 rings (SSSR count). The van der Waals surface area contributed by atoms with Crippen LogP contribution in [0.2, 0.25) is 0 Å². The summed E-state index contributed by atoms with van der Waals surface area (Å²) in [4.78, 5) is 0. The number of rotatable bonds is 12. The number of methoxy groups -OCH3 is 2. The second kappa shape index (κ2) is 18.1. The van der Waals surface area contributed by atoms with Crippen LogP contribution in [0.3, 0.4) is 0 Å². The van der Waals surface area contributed by atoms with Gasteiger partial charge in [-0.1, -0.05) is 156 Å². The summed E-state index contributed by atoms with van der Waals surface area (Å²) in [6.45, 7) is 27.3. The molecule has 2 N–H and O–H groups in total. The first-order valence-corrected chi connectivity index (χ1v) is 22.1. The third-order valence-electron chi connectivity index (χ3n) is 11.7. The van der Waals surface area contributed by atoms with Crippen molar-refractivity contribution in [2.24, 2.45) is 0 Å². The van der Waals surface area contributed by atoms with Crippen molar-refractivity contribution in [3.8, 4) is 79.0 Å². The Morgan fingerprint density at radius 2 is 0.683 bits per heavy atom. The summed E-state index contributed by atoms with van der Waals surface area (Å²) < 4.78 is 24.5. The van der Waals surface area contributed by atoms with Gasteiger partial charge in [0.05, 0.1) is 27.4 Å². The fraction of sp³-hybridized carbons (Fsp3) is 0.368. The maximum atomic E-state index is 12.0. The van der Waals surface area contributed by atoms with Gasteiger partial charge in [-0.25, -0.2) is 0 Å². The molecule has 63 heavy (non-hydrogen) atoms. The van der Waals surface area contributed by atoms with Crippen LogP contribution in [0.25, 0.3) is 44.5 Å². The average Bonchev–Trinajstić information content (AvgIpc) is 3.22. The molecular formula is C57H68O6. The smallest absolute Gasteiger partial charge is 0.131 e. The monoisotopic (exact) mass is 849 g/mol. The first-order chi connectivity index (χ1) is 29.5. The van der Waals surface area contributed by atoms with E-state index in [0.29, 0.717) is 64.9 Å². The van der Waals surface area contributed by atoms with Crippen molar-refractivity contribution in [3.05, 3.63) is 131 Å². The molecule has 0 aliphatic heterocycles. The molecule has 0 radical (unpaired) electrons. The Bertz CT molecular complexity index is 2330. The van der Waals surface area contributed by atoms with Crippen LogP contribution in [0.5, 0.6) is 34.5 Å². The Balaban J connectivity index is 1.25. The predicted octanol–water partition coefficient (Wildman–Crippen LogP) is 14.8. The van der Waals surface area contributed by atoms with Gasteiger partial charge in [0.15, 0.2) is 0 Å². The Kier molecular flexibility index (Phi) is 13.4. The van der Waals surface area contributed by atoms with Gasteiger partial charge in [-0.15, -0.1) is 0 Å². The molecule has 0 spiro atoms. The normalized spacial score (nSPS) is 12.3. The number of phenols is 2. The van der Waals surface area contributed by atoms with Gasteiger partial charge >= 0.3 is 0 Å². The molecule has 0 heterocycles. The molecule has 6 aromatic carbocycles. The number of hydrogen-bond acceptors (Lipinski definition) is 6. The van der Waals surface area contributed by atoms with Crippen molar-refractivity contribution >= 4 is 0 Å². The van der Waals surface area contributed by atoms with E-state index in [1.165, 1.54) is 22.3 Å². The molecule has 0 bridgehead atoms. The zero-order valence-electron chi connectivity index (χ0n) is 40.0. The van der Waals surface area contributed by atoms with Gasteiger partial charge in [0.2, 0.25) is 0 Å². The van der Waals surface area contributed by atoms with E-state index in [1.807, 2.05) is 72.8 Å². The molecule has 0 aliphatic carbocycles. The third kappa shape index (κ3) is 10.7. The molecule has 6 aromatic rings. The molecule has 6 nitrogen and oxygen atoms in total. The van der Waals surface area contributed by atoms with Crippen molar-refractivity contribution in [2.75, 3.05) is 27.4 Å². The Hall–Kier alpha value is -5.88. The minimum Gasteiger partial charge on any atom is -0.507 e. The fourth-order valence-electron chi connectivity index (χ4n) is 7.65. The molecule has 0 amide bonds. The highest BCUT2D eigenvalue weighted by Crippen LogP contribution is 2.48. The standard InChI is InChI=1S/C57H68O6/c1-54(2,3)38-26-36(27-39(30-38)55(4,5)6)46-32-42(60-13)34-48(52(46)58)44-20-15-17-22-50(44)62-24-19-25-63-51-23-18-16-21-45(51)49-35-43(61-14)33-47(53(49)59)37-28-40(56(7,8)9)31-41(29-37)57(10,11)12/h15-18,20-23,26-35,58-59H,19,24-25H2,1-14H3. The number of ether oxygens (including phenoxy) is 4. The molecule has 0 unspecified atom stereocenters. The summed E-state index contributed by atoms with van der Waals surface area (Å²) in [6, 6.07) is 36.4. The summed E-state index contributed by atoms with van der Waals surface area (Å²) in [5, 5.41) is 24.1. The van der Waals surface area contributed by atoms with E-state index in [1.54, 1.807) is 14.2 Å². The summed E-state index contributed by atoms with van der Waals surface area (Å²) in [6.07, 6.45) is 0.581. The van der Waals surface area contributed by atoms with Crippen LogP contribution >= 0.6 is 0 Å². The maximum Gasteiger partial charge on any atom is 0.131 e. The molecular weight excluding hydrogens is 781 g/mol. The summed E-state index contributed by atoms with van der Waals surface area (Å²) in [7, 11) is 3.30. The van der Waals surface area contributed by atoms with Crippen molar-refractivity contribution in [1.82, 2.24) is 0 Å². The minimum absolute atomic E-state index is 0.0875. The summed E-state index contributed by atoms with van der Waals surface area (Å²) in [5.74, 6) is 2.90. The number of phenolic OH excluding ortho intramolecular Hbond substituents is 2. The summed E-state index contributed by atoms with van der Waals surface area (Å²) in [5.41, 5.74) is 10.5. The molecule has 6 heteroatoms. The zero-order chi connectivity index (χ0) is 46.1. The SMILES string of the molecule is COc1cc(-c2cc(C(C)(C)C)cc(C(C)(C)C)c2)c(O)c(-c2ccccc2OCCCOc2ccccc2-c2cc(OC)cc(-c3cc(C(C)(C)C)cc(C(C)(C)C)c3)c2O)c1. The molecule has 0 atom stereocenters. The molecule has 0 saturated carbocycles. The highest BCUT2D eigenvalue weighted by molar-refractivity contribution is 5.88. The van der Waals surface area contributed by atoms with E-state index in [9.17, 15) is 10.2 Å². The van der Waals surface area contributed by atoms with E-state index < -0.39 is 0 Å². The van der Waals surface area contributed by atoms with Crippen LogP contribution in [0, 0.1) is 0 Å². The molecule has 0 aliphatic rings. The van der Waals surface area contributed by atoms with Crippen LogP contribution in [-0.2, 0) is 21.7 Å². The van der Waals surface area contributed by atoms with Crippen LogP contribution in [0.1, 0.15) is 112 Å². The molecule has 0 fully saturated rings. The van der Waals surface area contributed by atoms with E-state index >= 15 is 0 Å². The van der Waals surface area contributed by atoms with Gasteiger partial charge in [-0.05, 0) is 91.4 Å². The first kappa shape index (κ1) is 46.6. The van der Waals surface area contributed by atoms with E-state index in [2.05, 4.69) is 119 Å². The van der Waals surface area contributed by atoms with Gasteiger partial charge in [0.25, 0.3) is 0 Å². The number of benzene rings is 6. The largest absolute Gasteiger partial charge is 0.507 e. The quantitative estimate of drug-likeness (QED) is 0.119. The number of aromatic hydroxyl groups is 2. The minimum atomic E-state index is -0.0875. The van der Waals surface area contributed by atoms with Gasteiger partial charge in [-0.2, -0.15) is 0 Å². The number of hydrogen-bond donors (Lipinski definition) is 2. The maximum absolute atomic E-state index is 12.0. The van der Waals surface area contributed by atoms with Gasteiger partial charge in [0.1, 0.15) is 34.5 Å². The molecule has 0 aromatic heterocycles. The number of para-hydroxylation sites is 2. The lowest BCUT2D eigenvalue weighted by Gasteiger charge is -2.26. The first-order valence-electron chi connectivity index (χ1n) is 22.1. The zero-order valence-corrected chi connectivity index (χ0v) is 40.0.